The van der Waals surface area contributed by atoms with E-state index in [2.05, 4.69) is 44.3 Å². The molecule has 0 amide bonds. The SMILES string of the molecule is CC.CC.CC.Cc1c(NCc2ccccc2)c(=O)c1=O.Cc1ccc(C)c(C)c1. The molecule has 0 heterocycles. The van der Waals surface area contributed by atoms with Crippen LogP contribution in [0.25, 0.3) is 0 Å². The Morgan fingerprint density at radius 2 is 1.20 bits per heavy atom. The van der Waals surface area contributed by atoms with E-state index in [1.807, 2.05) is 71.9 Å². The highest BCUT2D eigenvalue weighted by molar-refractivity contribution is 5.55. The summed E-state index contributed by atoms with van der Waals surface area (Å²) >= 11 is 0. The first-order chi connectivity index (χ1) is 14.4. The summed E-state index contributed by atoms with van der Waals surface area (Å²) in [6.07, 6.45) is 0. The average Bonchev–Trinajstić information content (AvgIpc) is 2.81. The maximum Gasteiger partial charge on any atom is 0.249 e. The largest absolute Gasteiger partial charge is 0.377 e. The van der Waals surface area contributed by atoms with E-state index in [0.29, 0.717) is 17.8 Å². The van der Waals surface area contributed by atoms with Gasteiger partial charge in [-0.15, -0.1) is 0 Å². The van der Waals surface area contributed by atoms with E-state index in [9.17, 15) is 9.59 Å². The highest BCUT2D eigenvalue weighted by Crippen LogP contribution is 2.08. The third-order valence-electron chi connectivity index (χ3n) is 4.12. The second kappa shape index (κ2) is 17.2. The van der Waals surface area contributed by atoms with E-state index >= 15 is 0 Å². The summed E-state index contributed by atoms with van der Waals surface area (Å²) in [6.45, 7) is 20.6. The number of aryl methyl sites for hydroxylation is 3. The van der Waals surface area contributed by atoms with Crippen molar-refractivity contribution in [2.75, 3.05) is 5.32 Å². The minimum absolute atomic E-state index is 0.370. The molecule has 3 nitrogen and oxygen atoms in total. The first kappa shape index (κ1) is 29.5. The molecule has 0 unspecified atom stereocenters. The molecule has 0 fully saturated rings. The summed E-state index contributed by atoms with van der Waals surface area (Å²) in [5.74, 6) is 0. The van der Waals surface area contributed by atoms with Gasteiger partial charge in [0.25, 0.3) is 0 Å². The van der Waals surface area contributed by atoms with Gasteiger partial charge in [0, 0.05) is 12.1 Å². The zero-order chi connectivity index (χ0) is 23.7. The van der Waals surface area contributed by atoms with E-state index in [-0.39, 0.29) is 5.43 Å². The van der Waals surface area contributed by atoms with Crippen LogP contribution in [0.2, 0.25) is 0 Å². The Morgan fingerprint density at radius 1 is 0.667 bits per heavy atom. The average molecular weight is 412 g/mol. The van der Waals surface area contributed by atoms with Crippen LogP contribution in [-0.2, 0) is 6.54 Å². The molecule has 3 rings (SSSR count). The Morgan fingerprint density at radius 3 is 1.63 bits per heavy atom. The zero-order valence-corrected chi connectivity index (χ0v) is 20.6. The highest BCUT2D eigenvalue weighted by atomic mass is 16.2. The van der Waals surface area contributed by atoms with Gasteiger partial charge in [-0.1, -0.05) is 95.6 Å². The van der Waals surface area contributed by atoms with Crippen molar-refractivity contribution in [3.63, 3.8) is 0 Å². The molecule has 3 aromatic rings. The fraction of sp³-hybridized carbons (Fsp3) is 0.407. The molecule has 0 aliphatic rings. The Labute approximate surface area is 183 Å². The van der Waals surface area contributed by atoms with Crippen molar-refractivity contribution in [2.24, 2.45) is 0 Å². The molecule has 30 heavy (non-hydrogen) atoms. The van der Waals surface area contributed by atoms with Gasteiger partial charge < -0.3 is 5.32 Å². The molecular formula is C27H41NO2. The van der Waals surface area contributed by atoms with E-state index in [4.69, 9.17) is 0 Å². The maximum absolute atomic E-state index is 11.1. The van der Waals surface area contributed by atoms with Gasteiger partial charge in [-0.2, -0.15) is 0 Å². The van der Waals surface area contributed by atoms with Crippen molar-refractivity contribution < 1.29 is 0 Å². The number of anilines is 1. The Bertz CT molecular complexity index is 889. The normalized spacial score (nSPS) is 8.73. The molecule has 3 aromatic carbocycles. The molecule has 0 spiro atoms. The van der Waals surface area contributed by atoms with Crippen molar-refractivity contribution in [1.29, 1.82) is 0 Å². The number of hydrogen-bond acceptors (Lipinski definition) is 3. The number of rotatable bonds is 3. The third kappa shape index (κ3) is 9.69. The molecule has 0 radical (unpaired) electrons. The molecule has 0 saturated heterocycles. The Hall–Kier alpha value is -2.68. The van der Waals surface area contributed by atoms with Crippen LogP contribution in [0.4, 0.5) is 5.69 Å². The maximum atomic E-state index is 11.1. The van der Waals surface area contributed by atoms with Gasteiger partial charge in [0.2, 0.25) is 10.9 Å². The third-order valence-corrected chi connectivity index (χ3v) is 4.12. The summed E-state index contributed by atoms with van der Waals surface area (Å²) in [6, 6.07) is 16.2. The molecular weight excluding hydrogens is 370 g/mol. The van der Waals surface area contributed by atoms with Crippen molar-refractivity contribution in [1.82, 2.24) is 0 Å². The lowest BCUT2D eigenvalue weighted by atomic mass is 10.1. The molecule has 1 N–H and O–H groups in total. The van der Waals surface area contributed by atoms with Gasteiger partial charge in [0.15, 0.2) is 0 Å². The van der Waals surface area contributed by atoms with Gasteiger partial charge >= 0.3 is 0 Å². The van der Waals surface area contributed by atoms with Crippen LogP contribution in [0.3, 0.4) is 0 Å². The molecule has 0 aliphatic carbocycles. The lowest BCUT2D eigenvalue weighted by Gasteiger charge is -2.09. The number of benzene rings is 2. The summed E-state index contributed by atoms with van der Waals surface area (Å²) < 4.78 is 0. The second-order valence-corrected chi connectivity index (χ2v) is 6.09. The molecule has 0 bridgehead atoms. The lowest BCUT2D eigenvalue weighted by molar-refractivity contribution is 1.11. The van der Waals surface area contributed by atoms with Crippen molar-refractivity contribution in [3.8, 4) is 0 Å². The molecule has 0 saturated carbocycles. The topological polar surface area (TPSA) is 46.2 Å². The summed E-state index contributed by atoms with van der Waals surface area (Å²) in [4.78, 5) is 22.1. The fourth-order valence-electron chi connectivity index (χ4n) is 2.40. The van der Waals surface area contributed by atoms with Gasteiger partial charge in [-0.25, -0.2) is 0 Å². The monoisotopic (exact) mass is 411 g/mol. The summed E-state index contributed by atoms with van der Waals surface area (Å²) in [7, 11) is 0. The van der Waals surface area contributed by atoms with Crippen LogP contribution in [0.1, 0.15) is 69.4 Å². The van der Waals surface area contributed by atoms with Crippen LogP contribution >= 0.6 is 0 Å². The van der Waals surface area contributed by atoms with Crippen molar-refractivity contribution >= 4 is 5.69 Å². The van der Waals surface area contributed by atoms with Crippen LogP contribution in [0.5, 0.6) is 0 Å². The van der Waals surface area contributed by atoms with Crippen LogP contribution in [-0.4, -0.2) is 0 Å². The molecule has 0 aromatic heterocycles. The first-order valence-electron chi connectivity index (χ1n) is 11.0. The second-order valence-electron chi connectivity index (χ2n) is 6.09. The molecule has 166 valence electrons. The summed E-state index contributed by atoms with van der Waals surface area (Å²) in [5.41, 5.74) is 5.42. The molecule has 3 heteroatoms. The minimum Gasteiger partial charge on any atom is -0.377 e. The zero-order valence-electron chi connectivity index (χ0n) is 20.6. The van der Waals surface area contributed by atoms with Crippen LogP contribution < -0.4 is 16.2 Å². The number of hydrogen-bond donors (Lipinski definition) is 1. The van der Waals surface area contributed by atoms with E-state index < -0.39 is 5.43 Å². The fourth-order valence-corrected chi connectivity index (χ4v) is 2.40. The van der Waals surface area contributed by atoms with Crippen molar-refractivity contribution in [3.05, 3.63) is 96.8 Å². The molecule has 0 aliphatic heterocycles. The number of nitrogens with one attached hydrogen (secondary N) is 1. The first-order valence-corrected chi connectivity index (χ1v) is 11.0. The predicted molar refractivity (Wildman–Crippen MR) is 135 cm³/mol. The minimum atomic E-state index is -0.400. The van der Waals surface area contributed by atoms with E-state index in [0.717, 1.165) is 5.56 Å². The standard InChI is InChI=1S/C12H11NO2.C9H12.3C2H6/c1-8-10(12(15)11(8)14)13-7-9-5-3-2-4-6-9;1-7-4-5-8(2)9(3)6-7;3*1-2/h2-6,13H,7H2,1H3;4-6H,1-3H3;3*1-2H3. The van der Waals surface area contributed by atoms with Crippen LogP contribution in [0, 0.1) is 27.7 Å². The smallest absolute Gasteiger partial charge is 0.249 e. The Kier molecular flexibility index (Phi) is 16.9. The highest BCUT2D eigenvalue weighted by Gasteiger charge is 2.15. The van der Waals surface area contributed by atoms with Gasteiger partial charge in [0.05, 0.1) is 5.69 Å². The summed E-state index contributed by atoms with van der Waals surface area (Å²) in [5, 5.41) is 2.97. The van der Waals surface area contributed by atoms with E-state index in [1.165, 1.54) is 16.7 Å². The van der Waals surface area contributed by atoms with Gasteiger partial charge in [-0.3, -0.25) is 9.59 Å². The van der Waals surface area contributed by atoms with Crippen LogP contribution in [0.15, 0.2) is 58.1 Å². The van der Waals surface area contributed by atoms with Crippen molar-refractivity contribution in [2.45, 2.75) is 75.8 Å². The molecule has 0 atom stereocenters. The quantitative estimate of drug-likeness (QED) is 0.477. The van der Waals surface area contributed by atoms with Gasteiger partial charge in [0.1, 0.15) is 0 Å². The lowest BCUT2D eigenvalue weighted by Crippen LogP contribution is -2.36. The Balaban J connectivity index is 0. The van der Waals surface area contributed by atoms with Gasteiger partial charge in [-0.05, 0) is 44.4 Å². The predicted octanol–water partition coefficient (Wildman–Crippen LogP) is 6.89. The van der Waals surface area contributed by atoms with E-state index in [1.54, 1.807) is 6.92 Å².